The van der Waals surface area contributed by atoms with Crippen molar-refractivity contribution in [2.45, 2.75) is 6.42 Å². The summed E-state index contributed by atoms with van der Waals surface area (Å²) in [6, 6.07) is 9.32. The van der Waals surface area contributed by atoms with Gasteiger partial charge in [0.05, 0.1) is 4.92 Å². The van der Waals surface area contributed by atoms with Crippen LogP contribution in [-0.2, 0) is 6.42 Å². The minimum Gasteiger partial charge on any atom is -0.294 e. The van der Waals surface area contributed by atoms with Gasteiger partial charge in [-0.15, -0.1) is 0 Å². The summed E-state index contributed by atoms with van der Waals surface area (Å²) in [6.07, 6.45) is -0.0464. The Kier molecular flexibility index (Phi) is 4.10. The van der Waals surface area contributed by atoms with Crippen LogP contribution in [0.25, 0.3) is 0 Å². The van der Waals surface area contributed by atoms with E-state index in [4.69, 9.17) is 11.6 Å². The van der Waals surface area contributed by atoms with Gasteiger partial charge in [0.25, 0.3) is 5.69 Å². The molecule has 0 heterocycles. The number of nitro benzene ring substituents is 1. The van der Waals surface area contributed by atoms with E-state index < -0.39 is 10.7 Å². The number of halogens is 2. The van der Waals surface area contributed by atoms with Crippen LogP contribution in [0.15, 0.2) is 42.5 Å². The van der Waals surface area contributed by atoms with Gasteiger partial charge in [0, 0.05) is 29.1 Å². The Morgan fingerprint density at radius 3 is 2.65 bits per heavy atom. The number of carbonyl (C=O) groups excluding carboxylic acids is 1. The zero-order valence-corrected chi connectivity index (χ0v) is 10.9. The van der Waals surface area contributed by atoms with Gasteiger partial charge < -0.3 is 0 Å². The smallest absolute Gasteiger partial charge is 0.271 e. The third kappa shape index (κ3) is 3.39. The minimum atomic E-state index is -0.620. The Labute approximate surface area is 119 Å². The Bertz CT molecular complexity index is 688. The molecule has 2 aromatic rings. The third-order valence-corrected chi connectivity index (χ3v) is 2.89. The van der Waals surface area contributed by atoms with Gasteiger partial charge in [-0.3, -0.25) is 14.9 Å². The number of benzene rings is 2. The molecule has 0 spiro atoms. The molecule has 0 saturated heterocycles. The van der Waals surface area contributed by atoms with Crippen molar-refractivity contribution < 1.29 is 14.1 Å². The first kappa shape index (κ1) is 14.1. The summed E-state index contributed by atoms with van der Waals surface area (Å²) in [6.45, 7) is 0. The maximum atomic E-state index is 13.0. The lowest BCUT2D eigenvalue weighted by Crippen LogP contribution is -2.04. The molecule has 0 fully saturated rings. The molecule has 0 atom stereocenters. The standard InChI is InChI=1S/C14H9ClFNO3/c15-11-6-10(7-13(8-11)17(19)20)14(18)5-9-2-1-3-12(16)4-9/h1-4,6-8H,5H2. The molecule has 20 heavy (non-hydrogen) atoms. The molecule has 0 aliphatic heterocycles. The molecule has 0 radical (unpaired) electrons. The lowest BCUT2D eigenvalue weighted by atomic mass is 10.0. The fourth-order valence-corrected chi connectivity index (χ4v) is 2.00. The number of hydrogen-bond acceptors (Lipinski definition) is 3. The van der Waals surface area contributed by atoms with Gasteiger partial charge in [-0.2, -0.15) is 0 Å². The number of Topliss-reactive ketones (excluding diaryl/α,β-unsaturated/α-hetero) is 1. The number of non-ortho nitro benzene ring substituents is 1. The first-order valence-corrected chi connectivity index (χ1v) is 6.06. The van der Waals surface area contributed by atoms with E-state index in [1.54, 1.807) is 6.07 Å². The minimum absolute atomic E-state index is 0.0464. The average molecular weight is 294 g/mol. The first-order valence-electron chi connectivity index (χ1n) is 5.68. The highest BCUT2D eigenvalue weighted by Gasteiger charge is 2.14. The van der Waals surface area contributed by atoms with E-state index >= 15 is 0 Å². The lowest BCUT2D eigenvalue weighted by Gasteiger charge is -2.03. The summed E-state index contributed by atoms with van der Waals surface area (Å²) >= 11 is 5.75. The summed E-state index contributed by atoms with van der Waals surface area (Å²) < 4.78 is 13.0. The second-order valence-corrected chi connectivity index (χ2v) is 4.62. The van der Waals surface area contributed by atoms with E-state index in [9.17, 15) is 19.3 Å². The van der Waals surface area contributed by atoms with Crippen molar-refractivity contribution in [1.82, 2.24) is 0 Å². The highest BCUT2D eigenvalue weighted by Crippen LogP contribution is 2.22. The number of nitrogens with zero attached hydrogens (tertiary/aromatic N) is 1. The van der Waals surface area contributed by atoms with Crippen molar-refractivity contribution >= 4 is 23.1 Å². The van der Waals surface area contributed by atoms with Crippen molar-refractivity contribution in [1.29, 1.82) is 0 Å². The van der Waals surface area contributed by atoms with E-state index in [0.29, 0.717) is 5.56 Å². The van der Waals surface area contributed by atoms with E-state index in [1.165, 1.54) is 30.3 Å². The van der Waals surface area contributed by atoms with Crippen LogP contribution in [0.3, 0.4) is 0 Å². The van der Waals surface area contributed by atoms with Crippen LogP contribution in [-0.4, -0.2) is 10.7 Å². The number of hydrogen-bond donors (Lipinski definition) is 0. The fourth-order valence-electron chi connectivity index (χ4n) is 1.77. The van der Waals surface area contributed by atoms with Crippen molar-refractivity contribution in [3.63, 3.8) is 0 Å². The number of rotatable bonds is 4. The van der Waals surface area contributed by atoms with E-state index in [2.05, 4.69) is 0 Å². The predicted molar refractivity (Wildman–Crippen MR) is 72.5 cm³/mol. The molecule has 2 aromatic carbocycles. The molecule has 4 nitrogen and oxygen atoms in total. The first-order chi connectivity index (χ1) is 9.45. The monoisotopic (exact) mass is 293 g/mol. The summed E-state index contributed by atoms with van der Waals surface area (Å²) in [5.74, 6) is -0.798. The SMILES string of the molecule is O=C(Cc1cccc(F)c1)c1cc(Cl)cc([N+](=O)[O-])c1. The van der Waals surface area contributed by atoms with Crippen molar-refractivity contribution in [3.05, 3.63) is 74.5 Å². The molecule has 0 saturated carbocycles. The second kappa shape index (κ2) is 5.79. The zero-order valence-electron chi connectivity index (χ0n) is 10.2. The highest BCUT2D eigenvalue weighted by atomic mass is 35.5. The maximum absolute atomic E-state index is 13.0. The van der Waals surface area contributed by atoms with E-state index in [0.717, 1.165) is 6.07 Å². The highest BCUT2D eigenvalue weighted by molar-refractivity contribution is 6.31. The predicted octanol–water partition coefficient (Wildman–Crippen LogP) is 3.81. The van der Waals surface area contributed by atoms with Crippen LogP contribution >= 0.6 is 11.6 Å². The summed E-state index contributed by atoms with van der Waals surface area (Å²) in [5.41, 5.74) is 0.381. The summed E-state index contributed by atoms with van der Waals surface area (Å²) in [5, 5.41) is 10.8. The van der Waals surface area contributed by atoms with Crippen LogP contribution in [0.2, 0.25) is 5.02 Å². The molecule has 0 N–H and O–H groups in total. The summed E-state index contributed by atoms with van der Waals surface area (Å²) in [4.78, 5) is 22.1. The van der Waals surface area contributed by atoms with Gasteiger partial charge in [0.15, 0.2) is 5.78 Å². The molecular formula is C14H9ClFNO3. The molecular weight excluding hydrogens is 285 g/mol. The van der Waals surface area contributed by atoms with Crippen LogP contribution in [0.5, 0.6) is 0 Å². The molecule has 0 aliphatic rings. The van der Waals surface area contributed by atoms with Crippen LogP contribution in [0, 0.1) is 15.9 Å². The van der Waals surface area contributed by atoms with Crippen LogP contribution < -0.4 is 0 Å². The molecule has 0 bridgehead atoms. The summed E-state index contributed by atoms with van der Waals surface area (Å²) in [7, 11) is 0. The molecule has 2 rings (SSSR count). The lowest BCUT2D eigenvalue weighted by molar-refractivity contribution is -0.384. The largest absolute Gasteiger partial charge is 0.294 e. The van der Waals surface area contributed by atoms with Gasteiger partial charge in [-0.1, -0.05) is 23.7 Å². The fraction of sp³-hybridized carbons (Fsp3) is 0.0714. The number of carbonyl (C=O) groups is 1. The van der Waals surface area contributed by atoms with E-state index in [1.807, 2.05) is 0 Å². The number of nitro groups is 1. The molecule has 0 amide bonds. The van der Waals surface area contributed by atoms with Crippen LogP contribution in [0.1, 0.15) is 15.9 Å². The van der Waals surface area contributed by atoms with Crippen molar-refractivity contribution in [3.8, 4) is 0 Å². The molecule has 0 unspecified atom stereocenters. The normalized spacial score (nSPS) is 10.3. The molecule has 0 aliphatic carbocycles. The topological polar surface area (TPSA) is 60.2 Å². The van der Waals surface area contributed by atoms with Gasteiger partial charge in [-0.05, 0) is 23.8 Å². The number of ketones is 1. The Morgan fingerprint density at radius 2 is 2.00 bits per heavy atom. The van der Waals surface area contributed by atoms with Gasteiger partial charge >= 0.3 is 0 Å². The quantitative estimate of drug-likeness (QED) is 0.489. The molecule has 102 valence electrons. The zero-order chi connectivity index (χ0) is 14.7. The second-order valence-electron chi connectivity index (χ2n) is 4.19. The van der Waals surface area contributed by atoms with Gasteiger partial charge in [0.1, 0.15) is 5.82 Å². The van der Waals surface area contributed by atoms with E-state index in [-0.39, 0.29) is 28.5 Å². The molecule has 0 aromatic heterocycles. The molecule has 6 heteroatoms. The average Bonchev–Trinajstić information content (AvgIpc) is 2.37. The van der Waals surface area contributed by atoms with Gasteiger partial charge in [0.2, 0.25) is 0 Å². The van der Waals surface area contributed by atoms with Crippen molar-refractivity contribution in [2.75, 3.05) is 0 Å². The maximum Gasteiger partial charge on any atom is 0.271 e. The third-order valence-electron chi connectivity index (χ3n) is 2.67. The Hall–Kier alpha value is -2.27. The van der Waals surface area contributed by atoms with Crippen molar-refractivity contribution in [2.24, 2.45) is 0 Å². The Balaban J connectivity index is 2.27. The van der Waals surface area contributed by atoms with Gasteiger partial charge in [-0.25, -0.2) is 4.39 Å². The Morgan fingerprint density at radius 1 is 1.25 bits per heavy atom. The van der Waals surface area contributed by atoms with Crippen LogP contribution in [0.4, 0.5) is 10.1 Å².